The van der Waals surface area contributed by atoms with Gasteiger partial charge in [0.05, 0.1) is 11.8 Å². The van der Waals surface area contributed by atoms with Gasteiger partial charge in [-0.3, -0.25) is 9.59 Å². The van der Waals surface area contributed by atoms with Gasteiger partial charge in [-0.25, -0.2) is 0 Å². The highest BCUT2D eigenvalue weighted by atomic mass is 16.5. The average Bonchev–Trinajstić information content (AvgIpc) is 3.29. The molecule has 1 aliphatic rings. The molecule has 0 spiro atoms. The summed E-state index contributed by atoms with van der Waals surface area (Å²) in [4.78, 5) is 28.2. The van der Waals surface area contributed by atoms with E-state index in [1.165, 1.54) is 5.56 Å². The van der Waals surface area contributed by atoms with Gasteiger partial charge >= 0.3 is 0 Å². The Morgan fingerprint density at radius 3 is 2.61 bits per heavy atom. The number of carbonyl (C=O) groups is 2. The highest BCUT2D eigenvalue weighted by molar-refractivity contribution is 5.85. The number of piperidine rings is 1. The van der Waals surface area contributed by atoms with Gasteiger partial charge in [-0.15, -0.1) is 0 Å². The number of benzene rings is 2. The Morgan fingerprint density at radius 2 is 1.88 bits per heavy atom. The number of hydrogen-bond acceptors (Lipinski definition) is 4. The molecule has 0 bridgehead atoms. The van der Waals surface area contributed by atoms with Crippen LogP contribution in [0.3, 0.4) is 0 Å². The topological polar surface area (TPSA) is 75.4 Å². The van der Waals surface area contributed by atoms with Crippen molar-refractivity contribution in [3.05, 3.63) is 77.6 Å². The number of aryl methyl sites for hydroxylation is 1. The molecule has 6 heteroatoms. The van der Waals surface area contributed by atoms with Crippen LogP contribution in [-0.2, 0) is 22.4 Å². The third kappa shape index (κ3) is 5.33. The van der Waals surface area contributed by atoms with E-state index in [9.17, 15) is 9.59 Å². The zero-order chi connectivity index (χ0) is 23.3. The summed E-state index contributed by atoms with van der Waals surface area (Å²) < 4.78 is 5.64. The number of rotatable bonds is 7. The van der Waals surface area contributed by atoms with E-state index >= 15 is 0 Å². The normalized spacial score (nSPS) is 18.2. The molecule has 0 saturated carbocycles. The van der Waals surface area contributed by atoms with Crippen LogP contribution in [0.5, 0.6) is 0 Å². The van der Waals surface area contributed by atoms with E-state index in [1.54, 1.807) is 0 Å². The fourth-order valence-corrected chi connectivity index (χ4v) is 4.57. The molecule has 0 radical (unpaired) electrons. The lowest BCUT2D eigenvalue weighted by molar-refractivity contribution is -0.141. The van der Waals surface area contributed by atoms with Crippen molar-refractivity contribution in [3.8, 4) is 11.3 Å². The molecule has 0 aliphatic carbocycles. The quantitative estimate of drug-likeness (QED) is 0.592. The van der Waals surface area contributed by atoms with Crippen molar-refractivity contribution >= 4 is 11.8 Å². The van der Waals surface area contributed by atoms with E-state index in [0.29, 0.717) is 44.7 Å². The van der Waals surface area contributed by atoms with Crippen LogP contribution in [0.2, 0.25) is 0 Å². The monoisotopic (exact) mass is 445 g/mol. The van der Waals surface area contributed by atoms with Gasteiger partial charge in [-0.1, -0.05) is 65.3 Å². The summed E-state index contributed by atoms with van der Waals surface area (Å²) in [6.45, 7) is 5.53. The molecular formula is C27H31N3O3. The second kappa shape index (κ2) is 10.0. The SMILES string of the molecule is CCNC(=O)[C@]1(Cc2cc(-c3ccccc3)no2)CCCN(C(=O)Cc2ccc(C)cc2)C1. The zero-order valence-corrected chi connectivity index (χ0v) is 19.3. The van der Waals surface area contributed by atoms with E-state index in [2.05, 4.69) is 10.5 Å². The van der Waals surface area contributed by atoms with Crippen molar-refractivity contribution in [1.82, 2.24) is 15.4 Å². The first-order chi connectivity index (χ1) is 16.0. The van der Waals surface area contributed by atoms with Crippen LogP contribution in [0.4, 0.5) is 0 Å². The van der Waals surface area contributed by atoms with Crippen molar-refractivity contribution in [3.63, 3.8) is 0 Å². The summed E-state index contributed by atoms with van der Waals surface area (Å²) in [5.74, 6) is 0.679. The average molecular weight is 446 g/mol. The van der Waals surface area contributed by atoms with Crippen molar-refractivity contribution in [1.29, 1.82) is 0 Å². The third-order valence-electron chi connectivity index (χ3n) is 6.37. The first-order valence-corrected chi connectivity index (χ1v) is 11.6. The first kappa shape index (κ1) is 22.8. The second-order valence-electron chi connectivity index (χ2n) is 8.94. The smallest absolute Gasteiger partial charge is 0.228 e. The second-order valence-corrected chi connectivity index (χ2v) is 8.94. The summed E-state index contributed by atoms with van der Waals surface area (Å²) in [7, 11) is 0. The molecule has 4 rings (SSSR count). The van der Waals surface area contributed by atoms with Gasteiger partial charge in [0, 0.05) is 37.7 Å². The summed E-state index contributed by atoms with van der Waals surface area (Å²) in [6.07, 6.45) is 2.23. The Balaban J connectivity index is 1.53. The summed E-state index contributed by atoms with van der Waals surface area (Å²) in [5.41, 5.74) is 3.15. The maximum absolute atomic E-state index is 13.3. The number of hydrogen-bond donors (Lipinski definition) is 1. The minimum absolute atomic E-state index is 0.0319. The van der Waals surface area contributed by atoms with Crippen molar-refractivity contribution in [2.75, 3.05) is 19.6 Å². The standard InChI is InChI=1S/C27H31N3O3/c1-3-28-26(32)27(18-23-17-24(29-33-23)22-8-5-4-6-9-22)14-7-15-30(19-27)25(31)16-21-12-10-20(2)11-13-21/h4-6,8-13,17H,3,7,14-16,18-19H2,1-2H3,(H,28,32)/t27-/m0/s1. The first-order valence-electron chi connectivity index (χ1n) is 11.6. The Bertz CT molecular complexity index is 1090. The summed E-state index contributed by atoms with van der Waals surface area (Å²) >= 11 is 0. The molecule has 1 aromatic heterocycles. The van der Waals surface area contributed by atoms with Crippen LogP contribution in [0.1, 0.15) is 36.7 Å². The van der Waals surface area contributed by atoms with Crippen LogP contribution in [-0.4, -0.2) is 41.5 Å². The van der Waals surface area contributed by atoms with Crippen molar-refractivity contribution in [2.24, 2.45) is 5.41 Å². The van der Waals surface area contributed by atoms with Crippen LogP contribution in [0.25, 0.3) is 11.3 Å². The highest BCUT2D eigenvalue weighted by Gasteiger charge is 2.44. The number of nitrogens with one attached hydrogen (secondary N) is 1. The van der Waals surface area contributed by atoms with E-state index in [4.69, 9.17) is 4.52 Å². The molecule has 2 heterocycles. The maximum Gasteiger partial charge on any atom is 0.228 e. The molecule has 1 N–H and O–H groups in total. The molecule has 6 nitrogen and oxygen atoms in total. The molecule has 33 heavy (non-hydrogen) atoms. The molecule has 1 saturated heterocycles. The number of nitrogens with zero attached hydrogens (tertiary/aromatic N) is 2. The lowest BCUT2D eigenvalue weighted by Crippen LogP contribution is -2.54. The Labute approximate surface area is 195 Å². The molecule has 2 aromatic carbocycles. The fraction of sp³-hybridized carbons (Fsp3) is 0.370. The summed E-state index contributed by atoms with van der Waals surface area (Å²) in [5, 5.41) is 7.21. The highest BCUT2D eigenvalue weighted by Crippen LogP contribution is 2.35. The lowest BCUT2D eigenvalue weighted by Gasteiger charge is -2.41. The molecule has 3 aromatic rings. The Hall–Kier alpha value is -3.41. The molecule has 1 aliphatic heterocycles. The molecule has 172 valence electrons. The van der Waals surface area contributed by atoms with Crippen molar-refractivity contribution < 1.29 is 14.1 Å². The summed E-state index contributed by atoms with van der Waals surface area (Å²) in [6, 6.07) is 19.8. The van der Waals surface area contributed by atoms with E-state index < -0.39 is 5.41 Å². The number of likely N-dealkylation sites (tertiary alicyclic amines) is 1. The molecular weight excluding hydrogens is 414 g/mol. The third-order valence-corrected chi connectivity index (χ3v) is 6.37. The molecule has 1 fully saturated rings. The van der Waals surface area contributed by atoms with Crippen LogP contribution < -0.4 is 5.32 Å². The Morgan fingerprint density at radius 1 is 1.12 bits per heavy atom. The largest absolute Gasteiger partial charge is 0.361 e. The minimum atomic E-state index is -0.731. The molecule has 0 unspecified atom stereocenters. The van der Waals surface area contributed by atoms with Gasteiger partial charge in [0.25, 0.3) is 0 Å². The zero-order valence-electron chi connectivity index (χ0n) is 19.3. The predicted octanol–water partition coefficient (Wildman–Crippen LogP) is 4.18. The van der Waals surface area contributed by atoms with E-state index in [-0.39, 0.29) is 11.8 Å². The molecule has 2 amide bonds. The van der Waals surface area contributed by atoms with Crippen LogP contribution in [0, 0.1) is 12.3 Å². The lowest BCUT2D eigenvalue weighted by atomic mass is 9.75. The number of amides is 2. The van der Waals surface area contributed by atoms with Gasteiger partial charge in [0.2, 0.25) is 11.8 Å². The van der Waals surface area contributed by atoms with Crippen LogP contribution >= 0.6 is 0 Å². The van der Waals surface area contributed by atoms with Crippen molar-refractivity contribution in [2.45, 2.75) is 39.5 Å². The number of aromatic nitrogens is 1. The predicted molar refractivity (Wildman–Crippen MR) is 127 cm³/mol. The number of carbonyl (C=O) groups excluding carboxylic acids is 2. The van der Waals surface area contributed by atoms with Crippen LogP contribution in [0.15, 0.2) is 65.2 Å². The van der Waals surface area contributed by atoms with Gasteiger partial charge < -0.3 is 14.7 Å². The maximum atomic E-state index is 13.3. The van der Waals surface area contributed by atoms with Gasteiger partial charge in [-0.2, -0.15) is 0 Å². The Kier molecular flexibility index (Phi) is 6.92. The van der Waals surface area contributed by atoms with E-state index in [1.807, 2.05) is 79.4 Å². The van der Waals surface area contributed by atoms with E-state index in [0.717, 1.165) is 23.2 Å². The minimum Gasteiger partial charge on any atom is -0.361 e. The fourth-order valence-electron chi connectivity index (χ4n) is 4.57. The van der Waals surface area contributed by atoms with Gasteiger partial charge in [-0.05, 0) is 32.3 Å². The van der Waals surface area contributed by atoms with Gasteiger partial charge in [0.1, 0.15) is 11.5 Å². The van der Waals surface area contributed by atoms with Gasteiger partial charge in [0.15, 0.2) is 0 Å². The molecule has 1 atom stereocenters.